The van der Waals surface area contributed by atoms with Crippen LogP contribution in [0, 0.1) is 0 Å². The van der Waals surface area contributed by atoms with Crippen molar-refractivity contribution in [2.24, 2.45) is 0 Å². The number of ether oxygens (including phenoxy) is 3. The monoisotopic (exact) mass is 1430 g/mol. The van der Waals surface area contributed by atoms with Gasteiger partial charge in [0.1, 0.15) is 25.4 Å². The van der Waals surface area contributed by atoms with Crippen LogP contribution in [0.3, 0.4) is 0 Å². The first-order valence-corrected chi connectivity index (χ1v) is 41.8. The molecule has 0 aromatic rings. The number of allylic oxidation sites excluding steroid dienone is 20. The van der Waals surface area contributed by atoms with Crippen molar-refractivity contribution in [1.82, 2.24) is 0 Å². The number of hydrogen-bond donors (Lipinski definition) is 4. The third-order valence-electron chi connectivity index (χ3n) is 16.2. The third kappa shape index (κ3) is 74.9. The van der Waals surface area contributed by atoms with Gasteiger partial charge in [-0.15, -0.1) is 0 Å². The van der Waals surface area contributed by atoms with Crippen LogP contribution in [-0.4, -0.2) is 95.9 Å². The molecule has 18 heteroatoms. The first-order valence-electron chi connectivity index (χ1n) is 38.8. The summed E-state index contributed by atoms with van der Waals surface area (Å²) in [6, 6.07) is 0. The highest BCUT2D eigenvalue weighted by molar-refractivity contribution is 7.47. The molecule has 4 N–H and O–H groups in total. The Balaban J connectivity index is 4.52. The molecule has 0 amide bonds. The first kappa shape index (κ1) is 94.9. The highest BCUT2D eigenvalue weighted by atomic mass is 31.2. The molecular formula is C81H140O16P2. The summed E-state index contributed by atoms with van der Waals surface area (Å²) < 4.78 is 61.0. The van der Waals surface area contributed by atoms with Crippen molar-refractivity contribution < 1.29 is 75.8 Å². The molecule has 0 saturated carbocycles. The number of esters is 3. The summed E-state index contributed by atoms with van der Waals surface area (Å²) in [5, 5.41) is 20.6. The molecule has 0 aromatic heterocycles. The van der Waals surface area contributed by atoms with Crippen molar-refractivity contribution in [3.05, 3.63) is 122 Å². The van der Waals surface area contributed by atoms with Crippen LogP contribution in [-0.2, 0) is 55.8 Å². The fourth-order valence-corrected chi connectivity index (χ4v) is 11.8. The number of aliphatic hydroxyl groups excluding tert-OH is 2. The van der Waals surface area contributed by atoms with E-state index < -0.39 is 91.5 Å². The van der Waals surface area contributed by atoms with Gasteiger partial charge in [0.25, 0.3) is 0 Å². The Morgan fingerprint density at radius 3 is 0.889 bits per heavy atom. The van der Waals surface area contributed by atoms with Crippen molar-refractivity contribution in [1.29, 1.82) is 0 Å². The van der Waals surface area contributed by atoms with Crippen LogP contribution in [0.5, 0.6) is 0 Å². The second-order valence-corrected chi connectivity index (χ2v) is 28.7. The van der Waals surface area contributed by atoms with Crippen LogP contribution >= 0.6 is 15.6 Å². The highest BCUT2D eigenvalue weighted by Crippen LogP contribution is 2.45. The zero-order valence-corrected chi connectivity index (χ0v) is 63.9. The molecule has 99 heavy (non-hydrogen) atoms. The minimum Gasteiger partial charge on any atom is -0.463 e. The maximum Gasteiger partial charge on any atom is 0.472 e. The second kappa shape index (κ2) is 73.7. The number of unbranched alkanes of at least 4 members (excludes halogenated alkanes) is 30. The Hall–Kier alpha value is -4.05. The van der Waals surface area contributed by atoms with E-state index in [-0.39, 0.29) is 19.3 Å². The Morgan fingerprint density at radius 1 is 0.293 bits per heavy atom. The van der Waals surface area contributed by atoms with Crippen LogP contribution in [0.1, 0.15) is 316 Å². The molecule has 0 saturated heterocycles. The summed E-state index contributed by atoms with van der Waals surface area (Å²) in [5.74, 6) is -1.62. The molecule has 0 fully saturated rings. The van der Waals surface area contributed by atoms with Crippen LogP contribution in [0.2, 0.25) is 0 Å². The molecule has 570 valence electrons. The van der Waals surface area contributed by atoms with Crippen molar-refractivity contribution in [2.75, 3.05) is 39.6 Å². The van der Waals surface area contributed by atoms with Crippen molar-refractivity contribution >= 4 is 33.6 Å². The summed E-state index contributed by atoms with van der Waals surface area (Å²) in [6.07, 6.45) is 86.8. The van der Waals surface area contributed by atoms with E-state index >= 15 is 0 Å². The topological polar surface area (TPSA) is 231 Å². The van der Waals surface area contributed by atoms with Crippen LogP contribution in [0.25, 0.3) is 0 Å². The molecule has 0 aliphatic rings. The van der Waals surface area contributed by atoms with Gasteiger partial charge in [-0.1, -0.05) is 303 Å². The van der Waals surface area contributed by atoms with E-state index in [1.54, 1.807) is 0 Å². The van der Waals surface area contributed by atoms with E-state index in [0.717, 1.165) is 122 Å². The third-order valence-corrected chi connectivity index (χ3v) is 18.1. The fraction of sp³-hybridized carbons (Fsp3) is 0.716. The number of hydrogen-bond acceptors (Lipinski definition) is 14. The number of rotatable bonds is 73. The molecular weight excluding hydrogens is 1290 g/mol. The van der Waals surface area contributed by atoms with E-state index in [1.165, 1.54) is 135 Å². The molecule has 0 aromatic carbocycles. The first-order chi connectivity index (χ1) is 48.2. The van der Waals surface area contributed by atoms with Crippen molar-refractivity contribution in [3.63, 3.8) is 0 Å². The zero-order valence-electron chi connectivity index (χ0n) is 62.1. The predicted molar refractivity (Wildman–Crippen MR) is 408 cm³/mol. The SMILES string of the molecule is CC/C=C\C/C=C\C/C=C\C/C=C\C/C=C\C/C=C\CCCCC(=O)OCC(COP(=O)(O)OCC(O)COP(=O)(O)OCC(O)COC(=O)CCCCCCCCCCCCCCC/C=C\C/C=C\C/C=C\C/C=C\CCCCC)OC(=O)CCCCCCCCCCCCCCC. The average Bonchev–Trinajstić information content (AvgIpc) is 1.05. The molecule has 16 nitrogen and oxygen atoms in total. The van der Waals surface area contributed by atoms with E-state index in [2.05, 4.69) is 142 Å². The lowest BCUT2D eigenvalue weighted by Gasteiger charge is -2.21. The average molecular weight is 1430 g/mol. The molecule has 0 spiro atoms. The fourth-order valence-electron chi connectivity index (χ4n) is 10.3. The maximum atomic E-state index is 12.9. The minimum absolute atomic E-state index is 0.0956. The number of aliphatic hydroxyl groups is 2. The largest absolute Gasteiger partial charge is 0.472 e. The molecule has 0 aliphatic carbocycles. The quantitative estimate of drug-likeness (QED) is 0.0146. The van der Waals surface area contributed by atoms with Gasteiger partial charge in [0.05, 0.1) is 26.4 Å². The van der Waals surface area contributed by atoms with Gasteiger partial charge in [0, 0.05) is 19.3 Å². The van der Waals surface area contributed by atoms with E-state index in [4.69, 9.17) is 32.3 Å². The Bertz CT molecular complexity index is 2290. The molecule has 0 rings (SSSR count). The summed E-state index contributed by atoms with van der Waals surface area (Å²) in [5.41, 5.74) is 0. The number of phosphoric acid groups is 2. The van der Waals surface area contributed by atoms with Gasteiger partial charge in [-0.25, -0.2) is 9.13 Å². The van der Waals surface area contributed by atoms with Gasteiger partial charge < -0.3 is 34.2 Å². The molecule has 0 radical (unpaired) electrons. The minimum atomic E-state index is -4.94. The van der Waals surface area contributed by atoms with Crippen LogP contribution < -0.4 is 0 Å². The summed E-state index contributed by atoms with van der Waals surface area (Å²) in [6.45, 7) is 2.50. The number of phosphoric ester groups is 2. The van der Waals surface area contributed by atoms with Crippen molar-refractivity contribution in [2.45, 2.75) is 334 Å². The van der Waals surface area contributed by atoms with Crippen LogP contribution in [0.4, 0.5) is 0 Å². The summed E-state index contributed by atoms with van der Waals surface area (Å²) in [4.78, 5) is 58.5. The van der Waals surface area contributed by atoms with Gasteiger partial charge in [-0.2, -0.15) is 0 Å². The second-order valence-electron chi connectivity index (χ2n) is 25.8. The van der Waals surface area contributed by atoms with Crippen molar-refractivity contribution in [3.8, 4) is 0 Å². The van der Waals surface area contributed by atoms with E-state index in [1.807, 2.05) is 0 Å². The molecule has 0 heterocycles. The van der Waals surface area contributed by atoms with Gasteiger partial charge in [-0.05, 0) is 116 Å². The van der Waals surface area contributed by atoms with Gasteiger partial charge in [0.2, 0.25) is 0 Å². The summed E-state index contributed by atoms with van der Waals surface area (Å²) >= 11 is 0. The molecule has 0 bridgehead atoms. The predicted octanol–water partition coefficient (Wildman–Crippen LogP) is 22.5. The molecule has 0 aliphatic heterocycles. The zero-order chi connectivity index (χ0) is 72.3. The Labute approximate surface area is 602 Å². The number of carbonyl (C=O) groups is 3. The lowest BCUT2D eigenvalue weighted by atomic mass is 10.0. The van der Waals surface area contributed by atoms with Gasteiger partial charge in [0.15, 0.2) is 6.10 Å². The Kier molecular flexibility index (Phi) is 70.7. The Morgan fingerprint density at radius 2 is 0.535 bits per heavy atom. The molecule has 5 unspecified atom stereocenters. The molecule has 5 atom stereocenters. The number of carbonyl (C=O) groups excluding carboxylic acids is 3. The van der Waals surface area contributed by atoms with Crippen LogP contribution in [0.15, 0.2) is 122 Å². The normalized spacial score (nSPS) is 14.7. The van der Waals surface area contributed by atoms with E-state index in [0.29, 0.717) is 19.3 Å². The smallest absolute Gasteiger partial charge is 0.463 e. The lowest BCUT2D eigenvalue weighted by molar-refractivity contribution is -0.161. The van der Waals surface area contributed by atoms with Gasteiger partial charge in [-0.3, -0.25) is 32.5 Å². The highest BCUT2D eigenvalue weighted by Gasteiger charge is 2.29. The maximum absolute atomic E-state index is 12.9. The van der Waals surface area contributed by atoms with Gasteiger partial charge >= 0.3 is 33.6 Å². The standard InChI is InChI=1S/C81H140O16P2/c1-4-7-10-13-16-19-22-25-27-29-31-33-34-35-36-37-38-39-40-42-44-45-47-50-52-55-58-61-64-67-79(84)91-70-76(82)71-93-98(87,88)94-72-77(83)73-95-99(89,90)96-75-78(97-81(86)69-66-63-60-57-54-49-24-21-18-15-12-9-6-3)74-92-80(85)68-65-62-59-56-53-51-48-46-43-41-32-30-28-26-23-20-17-14-11-8-5-2/h8,11,16-17,19-20,25-28,31-33,35-36,41,46,48,53,56,76-78,82-83H,4-7,9-10,12-15,18,21-24,29-30,34,37-40,42-45,47,49-52,54-55,57-75H2,1-3H3,(H,87,88)(H,89,90)/b11-8-,19-16-,20-17-,27-25-,28-26-,33-31-,36-35-,41-32-,48-46-,56-53-. The lowest BCUT2D eigenvalue weighted by Crippen LogP contribution is -2.30. The van der Waals surface area contributed by atoms with E-state index in [9.17, 15) is 43.5 Å². The summed E-state index contributed by atoms with van der Waals surface area (Å²) in [7, 11) is -9.79.